The van der Waals surface area contributed by atoms with Crippen LogP contribution in [-0.2, 0) is 4.74 Å². The number of morpholine rings is 1. The highest BCUT2D eigenvalue weighted by atomic mass is 16.5. The molecule has 3 aromatic rings. The molecular formula is C20H25N9O. The average molecular weight is 407 g/mol. The fourth-order valence-corrected chi connectivity index (χ4v) is 3.83. The second kappa shape index (κ2) is 7.96. The quantitative estimate of drug-likeness (QED) is 0.664. The van der Waals surface area contributed by atoms with Gasteiger partial charge in [0.05, 0.1) is 25.1 Å². The molecule has 0 radical (unpaired) electrons. The summed E-state index contributed by atoms with van der Waals surface area (Å²) in [5, 5.41) is 0. The zero-order chi connectivity index (χ0) is 20.5. The van der Waals surface area contributed by atoms with E-state index in [1.54, 1.807) is 6.20 Å². The second-order valence-corrected chi connectivity index (χ2v) is 7.63. The molecule has 3 aromatic heterocycles. The SMILES string of the molecule is CN1CCN(c2cc(-c3cnc4nc(N)nc(N5CCOCC5)c4n3)ccn2)CC1. The molecule has 0 unspecified atom stereocenters. The van der Waals surface area contributed by atoms with Crippen LogP contribution < -0.4 is 15.5 Å². The Labute approximate surface area is 174 Å². The van der Waals surface area contributed by atoms with E-state index >= 15 is 0 Å². The minimum Gasteiger partial charge on any atom is -0.378 e. The third-order valence-corrected chi connectivity index (χ3v) is 5.59. The lowest BCUT2D eigenvalue weighted by Crippen LogP contribution is -2.44. The molecule has 0 bridgehead atoms. The van der Waals surface area contributed by atoms with Gasteiger partial charge in [-0.25, -0.2) is 15.0 Å². The number of aromatic nitrogens is 5. The van der Waals surface area contributed by atoms with Gasteiger partial charge in [0.1, 0.15) is 5.82 Å². The smallest absolute Gasteiger partial charge is 0.224 e. The van der Waals surface area contributed by atoms with Gasteiger partial charge in [0, 0.05) is 51.0 Å². The molecule has 0 spiro atoms. The predicted octanol–water partition coefficient (Wildman–Crippen LogP) is 0.652. The number of anilines is 3. The van der Waals surface area contributed by atoms with Gasteiger partial charge < -0.3 is 25.2 Å². The Hall–Kier alpha value is -3.11. The maximum Gasteiger partial charge on any atom is 0.224 e. The fourth-order valence-electron chi connectivity index (χ4n) is 3.83. The van der Waals surface area contributed by atoms with E-state index in [1.165, 1.54) is 0 Å². The molecule has 0 aliphatic carbocycles. The van der Waals surface area contributed by atoms with Gasteiger partial charge in [0.15, 0.2) is 17.0 Å². The largest absolute Gasteiger partial charge is 0.378 e. The van der Waals surface area contributed by atoms with Crippen LogP contribution in [0.3, 0.4) is 0 Å². The minimum atomic E-state index is 0.201. The van der Waals surface area contributed by atoms with E-state index in [0.29, 0.717) is 30.2 Å². The maximum atomic E-state index is 5.93. The summed E-state index contributed by atoms with van der Waals surface area (Å²) in [4.78, 5) is 29.5. The molecule has 2 aliphatic heterocycles. The van der Waals surface area contributed by atoms with E-state index < -0.39 is 0 Å². The first-order valence-electron chi connectivity index (χ1n) is 10.2. The monoisotopic (exact) mass is 407 g/mol. The number of likely N-dealkylation sites (N-methyl/N-ethyl adjacent to an activating group) is 1. The number of hydrogen-bond acceptors (Lipinski definition) is 10. The van der Waals surface area contributed by atoms with Crippen LogP contribution in [0.4, 0.5) is 17.6 Å². The molecule has 10 heteroatoms. The number of pyridine rings is 1. The van der Waals surface area contributed by atoms with Crippen molar-refractivity contribution in [2.75, 3.05) is 75.1 Å². The number of piperazine rings is 1. The summed E-state index contributed by atoms with van der Waals surface area (Å²) in [6.45, 7) is 6.76. The lowest BCUT2D eigenvalue weighted by atomic mass is 10.2. The van der Waals surface area contributed by atoms with Crippen molar-refractivity contribution in [3.63, 3.8) is 0 Å². The van der Waals surface area contributed by atoms with Crippen LogP contribution in [-0.4, -0.2) is 89.3 Å². The number of nitrogens with zero attached hydrogens (tertiary/aromatic N) is 8. The molecular weight excluding hydrogens is 382 g/mol. The summed E-state index contributed by atoms with van der Waals surface area (Å²) >= 11 is 0. The molecule has 2 aliphatic rings. The van der Waals surface area contributed by atoms with E-state index in [4.69, 9.17) is 15.5 Å². The van der Waals surface area contributed by atoms with E-state index in [0.717, 1.165) is 56.3 Å². The van der Waals surface area contributed by atoms with E-state index in [1.807, 2.05) is 12.3 Å². The molecule has 156 valence electrons. The van der Waals surface area contributed by atoms with Gasteiger partial charge in [-0.2, -0.15) is 9.97 Å². The number of hydrogen-bond donors (Lipinski definition) is 1. The summed E-state index contributed by atoms with van der Waals surface area (Å²) in [7, 11) is 2.15. The standard InChI is InChI=1S/C20H25N9O/c1-27-4-6-28(7-5-27)16-12-14(2-3-22-16)15-13-23-18-17(24-15)19(26-20(21)25-18)29-8-10-30-11-9-29/h2-3,12-13H,4-11H2,1H3,(H2,21,23,25,26). The van der Waals surface area contributed by atoms with Crippen molar-refractivity contribution in [1.29, 1.82) is 0 Å². The van der Waals surface area contributed by atoms with Crippen molar-refractivity contribution < 1.29 is 4.74 Å². The molecule has 5 rings (SSSR count). The summed E-state index contributed by atoms with van der Waals surface area (Å²) in [5.74, 6) is 1.88. The lowest BCUT2D eigenvalue weighted by Gasteiger charge is -2.33. The van der Waals surface area contributed by atoms with Crippen LogP contribution in [0.25, 0.3) is 22.4 Å². The zero-order valence-electron chi connectivity index (χ0n) is 17.0. The Balaban J connectivity index is 1.52. The number of nitrogens with two attached hydrogens (primary N) is 1. The third kappa shape index (κ3) is 3.71. The first kappa shape index (κ1) is 18.9. The normalized spacial score (nSPS) is 18.2. The van der Waals surface area contributed by atoms with Crippen LogP contribution in [0, 0.1) is 0 Å². The molecule has 30 heavy (non-hydrogen) atoms. The number of nitrogen functional groups attached to an aromatic ring is 1. The maximum absolute atomic E-state index is 5.93. The first-order valence-corrected chi connectivity index (χ1v) is 10.2. The van der Waals surface area contributed by atoms with Gasteiger partial charge in [-0.05, 0) is 19.2 Å². The van der Waals surface area contributed by atoms with E-state index in [2.05, 4.69) is 47.7 Å². The van der Waals surface area contributed by atoms with Gasteiger partial charge in [-0.3, -0.25) is 0 Å². The minimum absolute atomic E-state index is 0.201. The highest BCUT2D eigenvalue weighted by Gasteiger charge is 2.20. The Morgan fingerprint density at radius 2 is 1.73 bits per heavy atom. The number of ether oxygens (including phenoxy) is 1. The van der Waals surface area contributed by atoms with Gasteiger partial charge in [-0.1, -0.05) is 0 Å². The van der Waals surface area contributed by atoms with Crippen molar-refractivity contribution in [3.8, 4) is 11.3 Å². The first-order chi connectivity index (χ1) is 14.7. The van der Waals surface area contributed by atoms with E-state index in [-0.39, 0.29) is 5.95 Å². The van der Waals surface area contributed by atoms with Crippen molar-refractivity contribution in [2.45, 2.75) is 0 Å². The van der Waals surface area contributed by atoms with Crippen molar-refractivity contribution in [3.05, 3.63) is 24.5 Å². The highest BCUT2D eigenvalue weighted by Crippen LogP contribution is 2.27. The third-order valence-electron chi connectivity index (χ3n) is 5.59. The Morgan fingerprint density at radius 3 is 2.53 bits per heavy atom. The summed E-state index contributed by atoms with van der Waals surface area (Å²) in [6.07, 6.45) is 3.57. The average Bonchev–Trinajstić information content (AvgIpc) is 2.79. The van der Waals surface area contributed by atoms with Crippen LogP contribution in [0.15, 0.2) is 24.5 Å². The van der Waals surface area contributed by atoms with Crippen molar-refractivity contribution in [2.24, 2.45) is 0 Å². The van der Waals surface area contributed by atoms with Crippen LogP contribution in [0.1, 0.15) is 0 Å². The molecule has 0 atom stereocenters. The van der Waals surface area contributed by atoms with E-state index in [9.17, 15) is 0 Å². The molecule has 2 fully saturated rings. The van der Waals surface area contributed by atoms with Crippen LogP contribution >= 0.6 is 0 Å². The van der Waals surface area contributed by atoms with Crippen LogP contribution in [0.2, 0.25) is 0 Å². The van der Waals surface area contributed by atoms with Crippen LogP contribution in [0.5, 0.6) is 0 Å². The van der Waals surface area contributed by atoms with Gasteiger partial charge in [0.25, 0.3) is 0 Å². The van der Waals surface area contributed by atoms with Crippen molar-refractivity contribution in [1.82, 2.24) is 29.8 Å². The van der Waals surface area contributed by atoms with Gasteiger partial charge in [-0.15, -0.1) is 0 Å². The Morgan fingerprint density at radius 1 is 0.933 bits per heavy atom. The topological polar surface area (TPSA) is 109 Å². The number of fused-ring (bicyclic) bond motifs is 1. The summed E-state index contributed by atoms with van der Waals surface area (Å²) in [6, 6.07) is 4.04. The van der Waals surface area contributed by atoms with Gasteiger partial charge in [0.2, 0.25) is 5.95 Å². The molecule has 0 aromatic carbocycles. The predicted molar refractivity (Wildman–Crippen MR) is 116 cm³/mol. The molecule has 2 saturated heterocycles. The lowest BCUT2D eigenvalue weighted by molar-refractivity contribution is 0.122. The fraction of sp³-hybridized carbons (Fsp3) is 0.450. The zero-order valence-corrected chi connectivity index (χ0v) is 17.0. The van der Waals surface area contributed by atoms with Gasteiger partial charge >= 0.3 is 0 Å². The van der Waals surface area contributed by atoms with Crippen molar-refractivity contribution >= 4 is 28.7 Å². The summed E-state index contributed by atoms with van der Waals surface area (Å²) < 4.78 is 5.47. The summed E-state index contributed by atoms with van der Waals surface area (Å²) in [5.41, 5.74) is 8.82. The molecule has 10 nitrogen and oxygen atoms in total. The molecule has 0 amide bonds. The second-order valence-electron chi connectivity index (χ2n) is 7.63. The highest BCUT2D eigenvalue weighted by molar-refractivity contribution is 5.85. The Bertz CT molecular complexity index is 1050. The molecule has 0 saturated carbocycles. The Kier molecular flexibility index (Phi) is 5.01. The number of rotatable bonds is 3. The molecule has 2 N–H and O–H groups in total. The molecule has 5 heterocycles.